The molecular formula is C20H29N5O2S. The summed E-state index contributed by atoms with van der Waals surface area (Å²) in [5.74, 6) is 1.55. The number of thiophene rings is 1. The summed E-state index contributed by atoms with van der Waals surface area (Å²) in [6, 6.07) is 1.83. The van der Waals surface area contributed by atoms with Crippen molar-refractivity contribution < 1.29 is 9.59 Å². The Labute approximate surface area is 169 Å². The van der Waals surface area contributed by atoms with Crippen LogP contribution in [-0.2, 0) is 4.79 Å². The second kappa shape index (κ2) is 8.43. The minimum Gasteiger partial charge on any atom is -0.356 e. The van der Waals surface area contributed by atoms with E-state index in [1.807, 2.05) is 26.8 Å². The molecule has 0 aliphatic carbocycles. The van der Waals surface area contributed by atoms with E-state index in [2.05, 4.69) is 25.5 Å². The number of aromatic nitrogens is 2. The van der Waals surface area contributed by atoms with Gasteiger partial charge in [-0.25, -0.2) is 9.97 Å². The number of nitrogens with zero attached hydrogens (tertiary/aromatic N) is 3. The molecule has 0 bridgehead atoms. The zero-order valence-electron chi connectivity index (χ0n) is 17.0. The molecule has 0 atom stereocenters. The summed E-state index contributed by atoms with van der Waals surface area (Å²) in [5, 5.41) is 5.71. The van der Waals surface area contributed by atoms with Gasteiger partial charge in [-0.1, -0.05) is 20.8 Å². The first kappa shape index (κ1) is 20.5. The van der Waals surface area contributed by atoms with E-state index in [1.165, 1.54) is 11.3 Å². The zero-order chi connectivity index (χ0) is 20.3. The molecule has 0 aromatic carbocycles. The third kappa shape index (κ3) is 4.60. The van der Waals surface area contributed by atoms with Crippen molar-refractivity contribution in [2.45, 2.75) is 40.0 Å². The second-order valence-corrected chi connectivity index (χ2v) is 9.38. The summed E-state index contributed by atoms with van der Waals surface area (Å²) < 4.78 is 0.969. The molecule has 3 heterocycles. The lowest BCUT2D eigenvalue weighted by Gasteiger charge is -2.33. The number of nitrogens with one attached hydrogen (secondary N) is 2. The maximum Gasteiger partial charge on any atom is 0.261 e. The fourth-order valence-electron chi connectivity index (χ4n) is 3.39. The van der Waals surface area contributed by atoms with Crippen LogP contribution in [0.4, 0.5) is 5.82 Å². The lowest BCUT2D eigenvalue weighted by atomic mass is 9.92. The molecule has 28 heavy (non-hydrogen) atoms. The van der Waals surface area contributed by atoms with Crippen molar-refractivity contribution in [3.63, 3.8) is 0 Å². The van der Waals surface area contributed by atoms with Gasteiger partial charge >= 0.3 is 0 Å². The molecule has 1 fully saturated rings. The Kier molecular flexibility index (Phi) is 6.17. The Morgan fingerprint density at radius 1 is 1.25 bits per heavy atom. The molecule has 3 rings (SSSR count). The molecule has 1 aliphatic heterocycles. The Bertz CT molecular complexity index is 850. The number of hydrogen-bond acceptors (Lipinski definition) is 6. The van der Waals surface area contributed by atoms with Gasteiger partial charge in [-0.2, -0.15) is 0 Å². The SMILES string of the molecule is CNC(=O)c1cc2ncnc(N3CCC(CCNC(=O)C(C)(C)C)CC3)c2s1. The van der Waals surface area contributed by atoms with E-state index < -0.39 is 0 Å². The Balaban J connectivity index is 1.58. The lowest BCUT2D eigenvalue weighted by molar-refractivity contribution is -0.128. The van der Waals surface area contributed by atoms with E-state index in [1.54, 1.807) is 13.4 Å². The predicted molar refractivity (Wildman–Crippen MR) is 113 cm³/mol. The molecule has 2 aromatic heterocycles. The number of carbonyl (C=O) groups is 2. The molecule has 152 valence electrons. The van der Waals surface area contributed by atoms with Crippen molar-refractivity contribution in [3.8, 4) is 0 Å². The predicted octanol–water partition coefficient (Wildman–Crippen LogP) is 2.82. The Morgan fingerprint density at radius 2 is 1.96 bits per heavy atom. The average molecular weight is 404 g/mol. The highest BCUT2D eigenvalue weighted by atomic mass is 32.1. The molecule has 2 aromatic rings. The summed E-state index contributed by atoms with van der Waals surface area (Å²) in [5.41, 5.74) is 0.483. The van der Waals surface area contributed by atoms with Crippen LogP contribution in [-0.4, -0.2) is 48.5 Å². The molecular weight excluding hydrogens is 374 g/mol. The van der Waals surface area contributed by atoms with Gasteiger partial charge in [-0.05, 0) is 31.2 Å². The van der Waals surface area contributed by atoms with Crippen molar-refractivity contribution >= 4 is 39.2 Å². The van der Waals surface area contributed by atoms with Crippen LogP contribution in [0.25, 0.3) is 10.2 Å². The Hall–Kier alpha value is -2.22. The first-order valence-corrected chi connectivity index (χ1v) is 10.6. The molecule has 0 saturated carbocycles. The van der Waals surface area contributed by atoms with Crippen molar-refractivity contribution in [2.24, 2.45) is 11.3 Å². The largest absolute Gasteiger partial charge is 0.356 e. The van der Waals surface area contributed by atoms with Crippen LogP contribution in [0, 0.1) is 11.3 Å². The second-order valence-electron chi connectivity index (χ2n) is 8.33. The van der Waals surface area contributed by atoms with E-state index in [0.717, 1.165) is 54.9 Å². The van der Waals surface area contributed by atoms with Gasteiger partial charge < -0.3 is 15.5 Å². The maximum atomic E-state index is 12.0. The van der Waals surface area contributed by atoms with Crippen molar-refractivity contribution in [1.82, 2.24) is 20.6 Å². The van der Waals surface area contributed by atoms with Gasteiger partial charge in [0.15, 0.2) is 0 Å². The molecule has 2 N–H and O–H groups in total. The summed E-state index contributed by atoms with van der Waals surface area (Å²) in [6.45, 7) is 8.39. The minimum absolute atomic E-state index is 0.0926. The number of piperidine rings is 1. The third-order valence-corrected chi connectivity index (χ3v) is 6.30. The van der Waals surface area contributed by atoms with Crippen LogP contribution in [0.2, 0.25) is 0 Å². The van der Waals surface area contributed by atoms with E-state index in [0.29, 0.717) is 10.8 Å². The van der Waals surface area contributed by atoms with E-state index in [-0.39, 0.29) is 17.2 Å². The fraction of sp³-hybridized carbons (Fsp3) is 0.600. The van der Waals surface area contributed by atoms with Gasteiger partial charge in [0.25, 0.3) is 5.91 Å². The number of amides is 2. The molecule has 8 heteroatoms. The van der Waals surface area contributed by atoms with Gasteiger partial charge in [0, 0.05) is 32.1 Å². The highest BCUT2D eigenvalue weighted by Crippen LogP contribution is 2.33. The molecule has 1 saturated heterocycles. The molecule has 0 radical (unpaired) electrons. The summed E-state index contributed by atoms with van der Waals surface area (Å²) in [4.78, 5) is 35.7. The third-order valence-electron chi connectivity index (χ3n) is 5.18. The van der Waals surface area contributed by atoms with Crippen molar-refractivity contribution in [2.75, 3.05) is 31.6 Å². The summed E-state index contributed by atoms with van der Waals surface area (Å²) >= 11 is 1.44. The monoisotopic (exact) mass is 403 g/mol. The van der Waals surface area contributed by atoms with Crippen LogP contribution in [0.1, 0.15) is 49.7 Å². The molecule has 0 spiro atoms. The smallest absolute Gasteiger partial charge is 0.261 e. The first-order chi connectivity index (χ1) is 13.3. The summed E-state index contributed by atoms with van der Waals surface area (Å²) in [6.07, 6.45) is 4.73. The first-order valence-electron chi connectivity index (χ1n) is 9.79. The molecule has 1 aliphatic rings. The van der Waals surface area contributed by atoms with E-state index >= 15 is 0 Å². The zero-order valence-corrected chi connectivity index (χ0v) is 17.9. The molecule has 2 amide bonds. The van der Waals surface area contributed by atoms with Crippen LogP contribution >= 0.6 is 11.3 Å². The maximum absolute atomic E-state index is 12.0. The Morgan fingerprint density at radius 3 is 2.61 bits per heavy atom. The molecule has 0 unspecified atom stereocenters. The van der Waals surface area contributed by atoms with Gasteiger partial charge in [0.1, 0.15) is 12.1 Å². The highest BCUT2D eigenvalue weighted by Gasteiger charge is 2.24. The van der Waals surface area contributed by atoms with Crippen LogP contribution in [0.5, 0.6) is 0 Å². The van der Waals surface area contributed by atoms with Crippen LogP contribution in [0.3, 0.4) is 0 Å². The molecule has 7 nitrogen and oxygen atoms in total. The quantitative estimate of drug-likeness (QED) is 0.802. The number of fused-ring (bicyclic) bond motifs is 1. The standard InChI is InChI=1S/C20H29N5O2S/c1-20(2,3)19(27)22-8-5-13-6-9-25(10-7-13)17-16-14(23-12-24-17)11-15(28-16)18(26)21-4/h11-13H,5-10H2,1-4H3,(H,21,26)(H,22,27). The van der Waals surface area contributed by atoms with Crippen molar-refractivity contribution in [3.05, 3.63) is 17.3 Å². The topological polar surface area (TPSA) is 87.2 Å². The normalized spacial score (nSPS) is 15.6. The van der Waals surface area contributed by atoms with E-state index in [9.17, 15) is 9.59 Å². The number of carbonyl (C=O) groups excluding carboxylic acids is 2. The van der Waals surface area contributed by atoms with Gasteiger partial charge in [-0.15, -0.1) is 11.3 Å². The average Bonchev–Trinajstić information content (AvgIpc) is 3.11. The van der Waals surface area contributed by atoms with Gasteiger partial charge in [-0.3, -0.25) is 9.59 Å². The highest BCUT2D eigenvalue weighted by molar-refractivity contribution is 7.21. The number of hydrogen-bond donors (Lipinski definition) is 2. The fourth-order valence-corrected chi connectivity index (χ4v) is 4.47. The number of anilines is 1. The minimum atomic E-state index is -0.337. The summed E-state index contributed by atoms with van der Waals surface area (Å²) in [7, 11) is 1.63. The van der Waals surface area contributed by atoms with E-state index in [4.69, 9.17) is 0 Å². The van der Waals surface area contributed by atoms with Crippen LogP contribution in [0.15, 0.2) is 12.4 Å². The lowest BCUT2D eigenvalue weighted by Crippen LogP contribution is -2.38. The van der Waals surface area contributed by atoms with Crippen LogP contribution < -0.4 is 15.5 Å². The number of rotatable bonds is 5. The van der Waals surface area contributed by atoms with Crippen molar-refractivity contribution in [1.29, 1.82) is 0 Å². The van der Waals surface area contributed by atoms with Gasteiger partial charge in [0.2, 0.25) is 5.91 Å². The van der Waals surface area contributed by atoms with Gasteiger partial charge in [0.05, 0.1) is 15.1 Å².